The molecule has 0 saturated heterocycles. The van der Waals surface area contributed by atoms with Gasteiger partial charge in [0.05, 0.1) is 7.45 Å². The van der Waals surface area contributed by atoms with E-state index in [1.54, 1.807) is 24.3 Å². The van der Waals surface area contributed by atoms with E-state index in [-0.39, 0.29) is 0 Å². The number of hydrogen-bond acceptors (Lipinski definition) is 1. The zero-order valence-corrected chi connectivity index (χ0v) is 7.22. The molecule has 1 nitrogen and oxygen atoms in total. The maximum atomic E-state index is 9.23. The second kappa shape index (κ2) is 3.17. The van der Waals surface area contributed by atoms with Crippen LogP contribution in [0.25, 0.3) is 0 Å². The van der Waals surface area contributed by atoms with Gasteiger partial charge in [0.25, 0.3) is 0 Å². The Bertz CT molecular complexity index is 237. The fraction of sp³-hybridized carbons (Fsp3) is 0.250. The Morgan fingerprint density at radius 3 is 2.40 bits per heavy atom. The van der Waals surface area contributed by atoms with E-state index in [4.69, 9.17) is 1.37 Å². The lowest BCUT2D eigenvalue weighted by Gasteiger charge is -2.02. The van der Waals surface area contributed by atoms with E-state index in [0.717, 1.165) is 4.47 Å². The molecule has 0 amide bonds. The van der Waals surface area contributed by atoms with Crippen LogP contribution in [0.2, 0.25) is 0 Å². The first-order valence-corrected chi connectivity index (χ1v) is 3.78. The normalized spacial score (nSPS) is 17.7. The number of rotatable bonds is 1. The molecule has 54 valence electrons. The van der Waals surface area contributed by atoms with Gasteiger partial charge in [0.15, 0.2) is 0 Å². The van der Waals surface area contributed by atoms with Gasteiger partial charge in [-0.3, -0.25) is 0 Å². The zero-order chi connectivity index (χ0) is 8.48. The molecule has 1 N–H and O–H groups in total. The standard InChI is InChI=1S/C8H9BrO/c1-6(10)7-2-4-8(9)5-3-7/h2-6,10H,1H3/i6D. The summed E-state index contributed by atoms with van der Waals surface area (Å²) in [6.07, 6.45) is -1.49. The summed E-state index contributed by atoms with van der Waals surface area (Å²) in [6, 6.07) is 7.05. The van der Waals surface area contributed by atoms with E-state index < -0.39 is 6.08 Å². The molecule has 1 atom stereocenters. The monoisotopic (exact) mass is 201 g/mol. The fourth-order valence-electron chi connectivity index (χ4n) is 0.691. The maximum absolute atomic E-state index is 9.23. The van der Waals surface area contributed by atoms with Crippen LogP contribution in [-0.4, -0.2) is 5.11 Å². The topological polar surface area (TPSA) is 20.2 Å². The molecule has 0 aliphatic rings. The first-order valence-electron chi connectivity index (χ1n) is 3.48. The van der Waals surface area contributed by atoms with Gasteiger partial charge < -0.3 is 5.11 Å². The second-order valence-electron chi connectivity index (χ2n) is 2.09. The van der Waals surface area contributed by atoms with Gasteiger partial charge in [-0.2, -0.15) is 0 Å². The number of hydrogen-bond donors (Lipinski definition) is 1. The predicted molar refractivity (Wildman–Crippen MR) is 44.8 cm³/mol. The minimum atomic E-state index is -1.49. The third-order valence-electron chi connectivity index (χ3n) is 1.26. The average molecular weight is 202 g/mol. The van der Waals surface area contributed by atoms with Gasteiger partial charge in [-0.05, 0) is 24.6 Å². The van der Waals surface area contributed by atoms with Gasteiger partial charge in [0.1, 0.15) is 0 Å². The second-order valence-corrected chi connectivity index (χ2v) is 3.01. The number of benzene rings is 1. The molecule has 0 bridgehead atoms. The molecule has 0 aliphatic carbocycles. The third kappa shape index (κ3) is 1.82. The molecular formula is C8H9BrO. The first kappa shape index (κ1) is 6.38. The Kier molecular flexibility index (Phi) is 2.02. The SMILES string of the molecule is [2H]C(C)(O)c1ccc(Br)cc1. The molecule has 0 spiro atoms. The molecule has 0 aliphatic heterocycles. The lowest BCUT2D eigenvalue weighted by atomic mass is 10.1. The Morgan fingerprint density at radius 2 is 2.00 bits per heavy atom. The van der Waals surface area contributed by atoms with E-state index >= 15 is 0 Å². The Balaban J connectivity index is 2.99. The van der Waals surface area contributed by atoms with Crippen LogP contribution in [0.3, 0.4) is 0 Å². The molecule has 10 heavy (non-hydrogen) atoms. The summed E-state index contributed by atoms with van der Waals surface area (Å²) in [7, 11) is 0. The summed E-state index contributed by atoms with van der Waals surface area (Å²) in [5.41, 5.74) is 0.598. The molecular weight excluding hydrogens is 192 g/mol. The molecule has 1 aromatic carbocycles. The third-order valence-corrected chi connectivity index (χ3v) is 1.79. The smallest absolute Gasteiger partial charge is 0.0761 e. The van der Waals surface area contributed by atoms with Crippen molar-refractivity contribution in [1.82, 2.24) is 0 Å². The predicted octanol–water partition coefficient (Wildman–Crippen LogP) is 2.50. The van der Waals surface area contributed by atoms with Crippen LogP contribution >= 0.6 is 15.9 Å². The van der Waals surface area contributed by atoms with Crippen molar-refractivity contribution in [2.45, 2.75) is 13.0 Å². The van der Waals surface area contributed by atoms with Gasteiger partial charge in [0.2, 0.25) is 0 Å². The largest absolute Gasteiger partial charge is 0.389 e. The summed E-state index contributed by atoms with van der Waals surface area (Å²) in [4.78, 5) is 0. The Hall–Kier alpha value is -0.340. The lowest BCUT2D eigenvalue weighted by Crippen LogP contribution is -1.88. The highest BCUT2D eigenvalue weighted by Crippen LogP contribution is 2.15. The quantitative estimate of drug-likeness (QED) is 0.741. The van der Waals surface area contributed by atoms with E-state index in [0.29, 0.717) is 5.56 Å². The molecule has 0 heterocycles. The van der Waals surface area contributed by atoms with Crippen molar-refractivity contribution in [3.63, 3.8) is 0 Å². The highest BCUT2D eigenvalue weighted by Gasteiger charge is 1.97. The van der Waals surface area contributed by atoms with Crippen molar-refractivity contribution in [3.05, 3.63) is 34.3 Å². The van der Waals surface area contributed by atoms with Gasteiger partial charge >= 0.3 is 0 Å². The van der Waals surface area contributed by atoms with Gasteiger partial charge in [-0.1, -0.05) is 28.1 Å². The molecule has 0 aromatic heterocycles. The molecule has 0 fully saturated rings. The molecule has 1 aromatic rings. The van der Waals surface area contributed by atoms with Crippen LogP contribution in [0.1, 0.15) is 19.9 Å². The minimum Gasteiger partial charge on any atom is -0.389 e. The fourth-order valence-corrected chi connectivity index (χ4v) is 0.955. The van der Waals surface area contributed by atoms with Crippen LogP contribution in [0, 0.1) is 0 Å². The number of halogens is 1. The van der Waals surface area contributed by atoms with Crippen molar-refractivity contribution in [3.8, 4) is 0 Å². The van der Waals surface area contributed by atoms with Crippen molar-refractivity contribution >= 4 is 15.9 Å². The van der Waals surface area contributed by atoms with Crippen molar-refractivity contribution in [2.24, 2.45) is 0 Å². The summed E-state index contributed by atoms with van der Waals surface area (Å²) >= 11 is 3.27. The van der Waals surface area contributed by atoms with Crippen molar-refractivity contribution < 1.29 is 6.48 Å². The van der Waals surface area contributed by atoms with Crippen LogP contribution in [0.15, 0.2) is 28.7 Å². The van der Waals surface area contributed by atoms with Crippen LogP contribution in [0.4, 0.5) is 0 Å². The highest BCUT2D eigenvalue weighted by atomic mass is 79.9. The van der Waals surface area contributed by atoms with E-state index in [1.807, 2.05) is 0 Å². The highest BCUT2D eigenvalue weighted by molar-refractivity contribution is 9.10. The first-order chi connectivity index (χ1) is 5.00. The van der Waals surface area contributed by atoms with Gasteiger partial charge in [-0.15, -0.1) is 0 Å². The van der Waals surface area contributed by atoms with Crippen LogP contribution in [0.5, 0.6) is 0 Å². The summed E-state index contributed by atoms with van der Waals surface area (Å²) < 4.78 is 8.23. The summed E-state index contributed by atoms with van der Waals surface area (Å²) in [5.74, 6) is 0. The van der Waals surface area contributed by atoms with E-state index in [1.165, 1.54) is 6.92 Å². The maximum Gasteiger partial charge on any atom is 0.0761 e. The van der Waals surface area contributed by atoms with Crippen LogP contribution in [-0.2, 0) is 0 Å². The zero-order valence-electron chi connectivity index (χ0n) is 6.63. The minimum absolute atomic E-state index is 0.598. The lowest BCUT2D eigenvalue weighted by molar-refractivity contribution is 0.199. The molecule has 2 heteroatoms. The van der Waals surface area contributed by atoms with Crippen molar-refractivity contribution in [2.75, 3.05) is 0 Å². The Morgan fingerprint density at radius 1 is 1.50 bits per heavy atom. The molecule has 0 saturated carbocycles. The number of aliphatic hydroxyl groups is 1. The average Bonchev–Trinajstić information content (AvgIpc) is 1.86. The Labute approximate surface area is 70.2 Å². The van der Waals surface area contributed by atoms with Crippen molar-refractivity contribution in [1.29, 1.82) is 0 Å². The molecule has 0 radical (unpaired) electrons. The van der Waals surface area contributed by atoms with Crippen LogP contribution < -0.4 is 0 Å². The van der Waals surface area contributed by atoms with Gasteiger partial charge in [0, 0.05) is 4.47 Å². The van der Waals surface area contributed by atoms with E-state index in [2.05, 4.69) is 15.9 Å². The molecule has 1 rings (SSSR count). The molecule has 1 unspecified atom stereocenters. The summed E-state index contributed by atoms with van der Waals surface area (Å²) in [6.45, 7) is 1.44. The summed E-state index contributed by atoms with van der Waals surface area (Å²) in [5, 5.41) is 9.23. The van der Waals surface area contributed by atoms with E-state index in [9.17, 15) is 5.11 Å². The van der Waals surface area contributed by atoms with Gasteiger partial charge in [-0.25, -0.2) is 0 Å².